The zero-order valence-corrected chi connectivity index (χ0v) is 8.81. The van der Waals surface area contributed by atoms with Crippen molar-refractivity contribution in [3.05, 3.63) is 0 Å². The molecule has 1 heteroatoms. The first-order chi connectivity index (χ1) is 6.09. The van der Waals surface area contributed by atoms with Crippen molar-refractivity contribution >= 4 is 5.78 Å². The molecule has 13 heavy (non-hydrogen) atoms. The van der Waals surface area contributed by atoms with Crippen LogP contribution in [0.2, 0.25) is 0 Å². The molecule has 0 aromatic carbocycles. The molecule has 1 nitrogen and oxygen atoms in total. The predicted octanol–water partition coefficient (Wildman–Crippen LogP) is 3.18. The molecule has 0 saturated heterocycles. The molecule has 0 aliphatic heterocycles. The summed E-state index contributed by atoms with van der Waals surface area (Å²) in [5.41, 5.74) is 0.504. The van der Waals surface area contributed by atoms with E-state index < -0.39 is 0 Å². The van der Waals surface area contributed by atoms with Crippen LogP contribution in [-0.4, -0.2) is 5.78 Å². The van der Waals surface area contributed by atoms with Crippen molar-refractivity contribution in [2.75, 3.05) is 0 Å². The Bertz CT molecular complexity index is 217. The lowest BCUT2D eigenvalue weighted by Gasteiger charge is -2.46. The summed E-state index contributed by atoms with van der Waals surface area (Å²) in [5, 5.41) is 0. The molecular formula is C12H20O. The number of rotatable bonds is 0. The van der Waals surface area contributed by atoms with Crippen molar-refractivity contribution in [2.24, 2.45) is 17.3 Å². The van der Waals surface area contributed by atoms with Crippen LogP contribution in [0.3, 0.4) is 0 Å². The van der Waals surface area contributed by atoms with Crippen molar-refractivity contribution in [1.29, 1.82) is 0 Å². The molecular weight excluding hydrogens is 160 g/mol. The topological polar surface area (TPSA) is 17.1 Å². The first-order valence-electron chi connectivity index (χ1n) is 5.61. The number of Topliss-reactive ketones (excluding diaryl/α,β-unsaturated/α-hetero) is 1. The molecule has 0 spiro atoms. The Morgan fingerprint density at radius 1 is 1.31 bits per heavy atom. The van der Waals surface area contributed by atoms with E-state index in [4.69, 9.17) is 0 Å². The van der Waals surface area contributed by atoms with Gasteiger partial charge < -0.3 is 0 Å². The van der Waals surface area contributed by atoms with Crippen molar-refractivity contribution in [1.82, 2.24) is 0 Å². The minimum Gasteiger partial charge on any atom is -0.300 e. The molecule has 0 heterocycles. The van der Waals surface area contributed by atoms with Crippen molar-refractivity contribution in [2.45, 2.75) is 52.4 Å². The first kappa shape index (κ1) is 9.23. The third-order valence-corrected chi connectivity index (χ3v) is 4.19. The van der Waals surface area contributed by atoms with Gasteiger partial charge in [0.15, 0.2) is 0 Å². The van der Waals surface area contributed by atoms with Crippen LogP contribution in [-0.2, 0) is 4.79 Å². The zero-order chi connectivity index (χ0) is 9.47. The monoisotopic (exact) mass is 180 g/mol. The Morgan fingerprint density at radius 2 is 2.08 bits per heavy atom. The number of ketones is 1. The molecule has 2 saturated carbocycles. The van der Waals surface area contributed by atoms with E-state index in [9.17, 15) is 4.79 Å². The van der Waals surface area contributed by atoms with Crippen LogP contribution in [0.4, 0.5) is 0 Å². The molecule has 0 aromatic rings. The third kappa shape index (κ3) is 1.66. The number of fused-ring (bicyclic) bond motifs is 1. The molecule has 0 bridgehead atoms. The predicted molar refractivity (Wildman–Crippen MR) is 53.5 cm³/mol. The number of hydrogen-bond acceptors (Lipinski definition) is 1. The van der Waals surface area contributed by atoms with Crippen LogP contribution < -0.4 is 0 Å². The standard InChI is InChI=1S/C12H20O/c1-12(2)7-3-4-9-8-10(13)5-6-11(9)12/h9,11H,3-8H2,1-2H3/t9-,11+/m0/s1. The van der Waals surface area contributed by atoms with Crippen LogP contribution in [0, 0.1) is 17.3 Å². The lowest BCUT2D eigenvalue weighted by Crippen LogP contribution is -2.39. The highest BCUT2D eigenvalue weighted by Crippen LogP contribution is 2.49. The summed E-state index contributed by atoms with van der Waals surface area (Å²) >= 11 is 0. The Labute approximate surface area is 80.9 Å². The quantitative estimate of drug-likeness (QED) is 0.559. The first-order valence-corrected chi connectivity index (χ1v) is 5.61. The van der Waals surface area contributed by atoms with E-state index >= 15 is 0 Å². The number of carbonyl (C=O) groups is 1. The van der Waals surface area contributed by atoms with E-state index in [1.54, 1.807) is 0 Å². The lowest BCUT2D eigenvalue weighted by atomic mass is 9.59. The molecule has 0 unspecified atom stereocenters. The highest BCUT2D eigenvalue weighted by Gasteiger charge is 2.41. The summed E-state index contributed by atoms with van der Waals surface area (Å²) in [6, 6.07) is 0. The Kier molecular flexibility index (Phi) is 2.21. The fourth-order valence-corrected chi connectivity index (χ4v) is 3.43. The summed E-state index contributed by atoms with van der Waals surface area (Å²) in [4.78, 5) is 11.3. The van der Waals surface area contributed by atoms with E-state index in [0.717, 1.165) is 31.1 Å². The highest BCUT2D eigenvalue weighted by molar-refractivity contribution is 5.79. The minimum absolute atomic E-state index is 0.504. The maximum absolute atomic E-state index is 11.3. The summed E-state index contributed by atoms with van der Waals surface area (Å²) in [6.07, 6.45) is 6.90. The maximum Gasteiger partial charge on any atom is 0.133 e. The summed E-state index contributed by atoms with van der Waals surface area (Å²) in [6.45, 7) is 4.78. The lowest BCUT2D eigenvalue weighted by molar-refractivity contribution is -0.125. The van der Waals surface area contributed by atoms with Crippen molar-refractivity contribution in [3.8, 4) is 0 Å². The van der Waals surface area contributed by atoms with Gasteiger partial charge in [-0.2, -0.15) is 0 Å². The Balaban J connectivity index is 2.12. The van der Waals surface area contributed by atoms with Crippen LogP contribution in [0.1, 0.15) is 52.4 Å². The minimum atomic E-state index is 0.504. The molecule has 0 radical (unpaired) electrons. The Morgan fingerprint density at radius 3 is 2.85 bits per heavy atom. The van der Waals surface area contributed by atoms with Gasteiger partial charge in [-0.3, -0.25) is 4.79 Å². The SMILES string of the molecule is CC1(C)CCC[C@H]2CC(=O)CC[C@H]21. The van der Waals surface area contributed by atoms with Gasteiger partial charge in [-0.15, -0.1) is 0 Å². The molecule has 0 N–H and O–H groups in total. The third-order valence-electron chi connectivity index (χ3n) is 4.19. The smallest absolute Gasteiger partial charge is 0.133 e. The van der Waals surface area contributed by atoms with E-state index in [2.05, 4.69) is 13.8 Å². The van der Waals surface area contributed by atoms with Gasteiger partial charge in [0.1, 0.15) is 5.78 Å². The number of hydrogen-bond donors (Lipinski definition) is 0. The second-order valence-electron chi connectivity index (χ2n) is 5.53. The highest BCUT2D eigenvalue weighted by atomic mass is 16.1. The molecule has 2 aliphatic rings. The second-order valence-corrected chi connectivity index (χ2v) is 5.53. The average Bonchev–Trinajstić information content (AvgIpc) is 2.02. The number of carbonyl (C=O) groups excluding carboxylic acids is 1. The summed E-state index contributed by atoms with van der Waals surface area (Å²) < 4.78 is 0. The fourth-order valence-electron chi connectivity index (χ4n) is 3.43. The van der Waals surface area contributed by atoms with Gasteiger partial charge in [-0.05, 0) is 36.5 Å². The molecule has 74 valence electrons. The summed E-state index contributed by atoms with van der Waals surface area (Å²) in [5.74, 6) is 2.07. The van der Waals surface area contributed by atoms with E-state index in [1.807, 2.05) is 0 Å². The largest absolute Gasteiger partial charge is 0.300 e. The normalized spacial score (nSPS) is 38.5. The van der Waals surface area contributed by atoms with Crippen LogP contribution >= 0.6 is 0 Å². The maximum atomic E-state index is 11.3. The molecule has 2 aliphatic carbocycles. The van der Waals surface area contributed by atoms with Crippen LogP contribution in [0.5, 0.6) is 0 Å². The van der Waals surface area contributed by atoms with E-state index in [1.165, 1.54) is 19.3 Å². The van der Waals surface area contributed by atoms with Gasteiger partial charge in [0.25, 0.3) is 0 Å². The molecule has 0 amide bonds. The van der Waals surface area contributed by atoms with E-state index in [0.29, 0.717) is 11.2 Å². The van der Waals surface area contributed by atoms with Crippen molar-refractivity contribution < 1.29 is 4.79 Å². The fraction of sp³-hybridized carbons (Fsp3) is 0.917. The molecule has 0 aromatic heterocycles. The molecule has 2 fully saturated rings. The van der Waals surface area contributed by atoms with Gasteiger partial charge in [-0.1, -0.05) is 20.3 Å². The van der Waals surface area contributed by atoms with Crippen molar-refractivity contribution in [3.63, 3.8) is 0 Å². The second kappa shape index (κ2) is 3.11. The van der Waals surface area contributed by atoms with Gasteiger partial charge in [0.2, 0.25) is 0 Å². The average molecular weight is 180 g/mol. The van der Waals surface area contributed by atoms with Gasteiger partial charge in [0, 0.05) is 12.8 Å². The van der Waals surface area contributed by atoms with Crippen LogP contribution in [0.15, 0.2) is 0 Å². The van der Waals surface area contributed by atoms with E-state index in [-0.39, 0.29) is 0 Å². The van der Waals surface area contributed by atoms with Gasteiger partial charge in [-0.25, -0.2) is 0 Å². The summed E-state index contributed by atoms with van der Waals surface area (Å²) in [7, 11) is 0. The Hall–Kier alpha value is -0.330. The van der Waals surface area contributed by atoms with Crippen LogP contribution in [0.25, 0.3) is 0 Å². The molecule has 2 rings (SSSR count). The molecule has 2 atom stereocenters. The van der Waals surface area contributed by atoms with Gasteiger partial charge >= 0.3 is 0 Å². The zero-order valence-electron chi connectivity index (χ0n) is 8.81. The van der Waals surface area contributed by atoms with Gasteiger partial charge in [0.05, 0.1) is 0 Å².